The second-order valence-electron chi connectivity index (χ2n) is 7.20. The molecule has 0 radical (unpaired) electrons. The number of piperidine rings is 1. The van der Waals surface area contributed by atoms with Gasteiger partial charge in [-0.2, -0.15) is 13.2 Å². The molecule has 2 aromatic heterocycles. The van der Waals surface area contributed by atoms with Crippen molar-refractivity contribution in [1.82, 2.24) is 19.5 Å². The third-order valence-corrected chi connectivity index (χ3v) is 5.18. The summed E-state index contributed by atoms with van der Waals surface area (Å²) >= 11 is 0. The van der Waals surface area contributed by atoms with Crippen LogP contribution in [0.4, 0.5) is 18.9 Å². The van der Waals surface area contributed by atoms with Gasteiger partial charge in [0.1, 0.15) is 5.82 Å². The molecule has 0 amide bonds. The van der Waals surface area contributed by atoms with Crippen LogP contribution >= 0.6 is 0 Å². The summed E-state index contributed by atoms with van der Waals surface area (Å²) in [5.74, 6) is 0.486. The van der Waals surface area contributed by atoms with Gasteiger partial charge in [-0.25, -0.2) is 0 Å². The number of benzene rings is 1. The molecule has 0 N–H and O–H groups in total. The van der Waals surface area contributed by atoms with Gasteiger partial charge >= 0.3 is 6.18 Å². The van der Waals surface area contributed by atoms with Crippen molar-refractivity contribution in [2.75, 3.05) is 13.1 Å². The third kappa shape index (κ3) is 4.07. The first kappa shape index (κ1) is 19.3. The Kier molecular flexibility index (Phi) is 4.95. The Morgan fingerprint density at radius 3 is 2.59 bits per heavy atom. The second kappa shape index (κ2) is 7.43. The van der Waals surface area contributed by atoms with Crippen molar-refractivity contribution in [3.63, 3.8) is 0 Å². The van der Waals surface area contributed by atoms with E-state index in [1.165, 1.54) is 22.6 Å². The molecule has 1 aliphatic rings. The molecule has 1 aromatic carbocycles. The molecule has 152 valence electrons. The zero-order valence-corrected chi connectivity index (χ0v) is 15.3. The lowest BCUT2D eigenvalue weighted by molar-refractivity contribution is -0.384. The van der Waals surface area contributed by atoms with E-state index in [0.29, 0.717) is 24.6 Å². The highest BCUT2D eigenvalue weighted by Gasteiger charge is 2.32. The predicted molar refractivity (Wildman–Crippen MR) is 98.3 cm³/mol. The first-order valence-corrected chi connectivity index (χ1v) is 9.19. The standard InChI is InChI=1S/C19H18F3N5O2/c20-19(21,22)15-5-8-17-23-24-18(26(17)12-15)14-2-1-9-25(11-14)10-13-3-6-16(7-4-13)27(28)29/h3-8,12,14H,1-2,9-11H2. The Morgan fingerprint density at radius 1 is 1.14 bits per heavy atom. The molecule has 3 heterocycles. The van der Waals surface area contributed by atoms with Crippen molar-refractivity contribution < 1.29 is 18.1 Å². The van der Waals surface area contributed by atoms with E-state index in [1.807, 2.05) is 0 Å². The molecule has 1 aliphatic heterocycles. The molecule has 0 aliphatic carbocycles. The Morgan fingerprint density at radius 2 is 1.90 bits per heavy atom. The number of likely N-dealkylation sites (tertiary alicyclic amines) is 1. The molecular weight excluding hydrogens is 387 g/mol. The SMILES string of the molecule is O=[N+]([O-])c1ccc(CN2CCCC(c3nnc4ccc(C(F)(F)F)cn34)C2)cc1. The number of hydrogen-bond donors (Lipinski definition) is 0. The predicted octanol–water partition coefficient (Wildman–Crippen LogP) is 4.04. The molecule has 1 atom stereocenters. The fraction of sp³-hybridized carbons (Fsp3) is 0.368. The van der Waals surface area contributed by atoms with Crippen LogP contribution in [0.3, 0.4) is 0 Å². The number of aromatic nitrogens is 3. The molecule has 0 saturated carbocycles. The van der Waals surface area contributed by atoms with Crippen molar-refractivity contribution in [2.24, 2.45) is 0 Å². The van der Waals surface area contributed by atoms with Crippen molar-refractivity contribution in [3.05, 3.63) is 69.7 Å². The van der Waals surface area contributed by atoms with Crippen LogP contribution in [-0.2, 0) is 12.7 Å². The summed E-state index contributed by atoms with van der Waals surface area (Å²) in [7, 11) is 0. The molecule has 1 unspecified atom stereocenters. The van der Waals surface area contributed by atoms with Gasteiger partial charge in [-0.3, -0.25) is 19.4 Å². The zero-order chi connectivity index (χ0) is 20.6. The summed E-state index contributed by atoms with van der Waals surface area (Å²) in [6, 6.07) is 8.74. The highest BCUT2D eigenvalue weighted by molar-refractivity contribution is 5.41. The molecule has 10 heteroatoms. The van der Waals surface area contributed by atoms with Crippen LogP contribution in [0, 0.1) is 10.1 Å². The number of hydrogen-bond acceptors (Lipinski definition) is 5. The molecule has 0 spiro atoms. The lowest BCUT2D eigenvalue weighted by Crippen LogP contribution is -2.34. The summed E-state index contributed by atoms with van der Waals surface area (Å²) in [4.78, 5) is 12.5. The van der Waals surface area contributed by atoms with Crippen molar-refractivity contribution in [3.8, 4) is 0 Å². The van der Waals surface area contributed by atoms with Crippen molar-refractivity contribution >= 4 is 11.3 Å². The van der Waals surface area contributed by atoms with E-state index in [-0.39, 0.29) is 11.6 Å². The maximum Gasteiger partial charge on any atom is 0.417 e. The van der Waals surface area contributed by atoms with E-state index >= 15 is 0 Å². The lowest BCUT2D eigenvalue weighted by atomic mass is 9.96. The van der Waals surface area contributed by atoms with Gasteiger partial charge in [0.25, 0.3) is 5.69 Å². The van der Waals surface area contributed by atoms with Crippen LogP contribution in [0.15, 0.2) is 42.6 Å². The average molecular weight is 405 g/mol. The van der Waals surface area contributed by atoms with Crippen molar-refractivity contribution in [2.45, 2.75) is 31.5 Å². The summed E-state index contributed by atoms with van der Waals surface area (Å²) in [6.07, 6.45) is -1.68. The lowest BCUT2D eigenvalue weighted by Gasteiger charge is -2.32. The van der Waals surface area contributed by atoms with Gasteiger partial charge in [0.05, 0.1) is 10.5 Å². The van der Waals surface area contributed by atoms with Gasteiger partial charge in [-0.05, 0) is 37.1 Å². The molecule has 29 heavy (non-hydrogen) atoms. The van der Waals surface area contributed by atoms with Crippen LogP contribution in [-0.4, -0.2) is 37.5 Å². The molecule has 0 bridgehead atoms. The van der Waals surface area contributed by atoms with E-state index in [0.717, 1.165) is 37.2 Å². The quantitative estimate of drug-likeness (QED) is 0.484. The number of rotatable bonds is 4. The van der Waals surface area contributed by atoms with E-state index < -0.39 is 16.7 Å². The number of nitro benzene ring substituents is 1. The molecule has 1 fully saturated rings. The highest BCUT2D eigenvalue weighted by Crippen LogP contribution is 2.31. The first-order valence-electron chi connectivity index (χ1n) is 9.19. The van der Waals surface area contributed by atoms with Gasteiger partial charge in [0.15, 0.2) is 5.65 Å². The molecular formula is C19H18F3N5O2. The highest BCUT2D eigenvalue weighted by atomic mass is 19.4. The van der Waals surface area contributed by atoms with Crippen LogP contribution in [0.5, 0.6) is 0 Å². The second-order valence-corrected chi connectivity index (χ2v) is 7.20. The molecule has 1 saturated heterocycles. The maximum absolute atomic E-state index is 13.1. The van der Waals surface area contributed by atoms with Gasteiger partial charge in [0.2, 0.25) is 0 Å². The minimum Gasteiger partial charge on any atom is -0.298 e. The van der Waals surface area contributed by atoms with Gasteiger partial charge in [-0.1, -0.05) is 12.1 Å². The Labute approximate surface area is 163 Å². The Hall–Kier alpha value is -3.01. The Bertz CT molecular complexity index is 1030. The van der Waals surface area contributed by atoms with Crippen LogP contribution in [0.25, 0.3) is 5.65 Å². The van der Waals surface area contributed by atoms with E-state index in [9.17, 15) is 23.3 Å². The number of alkyl halides is 3. The number of pyridine rings is 1. The fourth-order valence-corrected chi connectivity index (χ4v) is 3.75. The summed E-state index contributed by atoms with van der Waals surface area (Å²) < 4.78 is 40.7. The van der Waals surface area contributed by atoms with Crippen LogP contribution in [0.1, 0.15) is 35.7 Å². The summed E-state index contributed by atoms with van der Waals surface area (Å²) in [5.41, 5.74) is 0.646. The number of nitro groups is 1. The Balaban J connectivity index is 1.53. The number of halogens is 3. The molecule has 3 aromatic rings. The first-order chi connectivity index (χ1) is 13.8. The van der Waals surface area contributed by atoms with E-state index in [2.05, 4.69) is 15.1 Å². The van der Waals surface area contributed by atoms with Gasteiger partial charge < -0.3 is 0 Å². The number of fused-ring (bicyclic) bond motifs is 1. The van der Waals surface area contributed by atoms with Crippen LogP contribution in [0.2, 0.25) is 0 Å². The largest absolute Gasteiger partial charge is 0.417 e. The normalized spacial score (nSPS) is 18.2. The average Bonchev–Trinajstić information content (AvgIpc) is 3.11. The van der Waals surface area contributed by atoms with Gasteiger partial charge in [-0.15, -0.1) is 10.2 Å². The summed E-state index contributed by atoms with van der Waals surface area (Å²) in [5, 5.41) is 19.0. The minimum atomic E-state index is -4.43. The molecule has 4 rings (SSSR count). The van der Waals surface area contributed by atoms with Crippen LogP contribution < -0.4 is 0 Å². The number of non-ortho nitro benzene ring substituents is 1. The topological polar surface area (TPSA) is 76.6 Å². The minimum absolute atomic E-state index is 0.0414. The smallest absolute Gasteiger partial charge is 0.298 e. The summed E-state index contributed by atoms with van der Waals surface area (Å²) in [6.45, 7) is 2.09. The zero-order valence-electron chi connectivity index (χ0n) is 15.3. The fourth-order valence-electron chi connectivity index (χ4n) is 3.75. The number of nitrogens with zero attached hydrogens (tertiary/aromatic N) is 5. The monoisotopic (exact) mass is 405 g/mol. The van der Waals surface area contributed by atoms with E-state index in [4.69, 9.17) is 0 Å². The maximum atomic E-state index is 13.1. The van der Waals surface area contributed by atoms with E-state index in [1.54, 1.807) is 12.1 Å². The van der Waals surface area contributed by atoms with Gasteiger partial charge in [0, 0.05) is 37.3 Å². The van der Waals surface area contributed by atoms with Crippen molar-refractivity contribution in [1.29, 1.82) is 0 Å². The molecule has 7 nitrogen and oxygen atoms in total. The third-order valence-electron chi connectivity index (χ3n) is 5.18.